The third-order valence-electron chi connectivity index (χ3n) is 3.73. The number of fused-ring (bicyclic) bond motifs is 1. The monoisotopic (exact) mass is 307 g/mol. The van der Waals surface area contributed by atoms with Gasteiger partial charge in [-0.2, -0.15) is 5.10 Å². The molecule has 0 unspecified atom stereocenters. The van der Waals surface area contributed by atoms with Gasteiger partial charge in [-0.1, -0.05) is 23.7 Å². The molecule has 1 aromatic heterocycles. The van der Waals surface area contributed by atoms with Crippen molar-refractivity contribution in [1.29, 1.82) is 0 Å². The van der Waals surface area contributed by atoms with Crippen molar-refractivity contribution in [2.45, 2.75) is 25.7 Å². The van der Waals surface area contributed by atoms with Crippen molar-refractivity contribution in [1.82, 2.24) is 14.7 Å². The Labute approximate surface area is 128 Å². The lowest BCUT2D eigenvalue weighted by atomic mass is 10.2. The van der Waals surface area contributed by atoms with Crippen molar-refractivity contribution in [2.75, 3.05) is 13.2 Å². The number of halogens is 1. The van der Waals surface area contributed by atoms with Crippen molar-refractivity contribution >= 4 is 11.6 Å². The molecule has 1 aromatic carbocycles. The molecule has 1 atom stereocenters. The lowest BCUT2D eigenvalue weighted by Gasteiger charge is -2.27. The number of aliphatic hydroxyl groups excluding tert-OH is 2. The van der Waals surface area contributed by atoms with E-state index in [9.17, 15) is 5.11 Å². The summed E-state index contributed by atoms with van der Waals surface area (Å²) in [6.07, 6.45) is -0.896. The highest BCUT2D eigenvalue weighted by molar-refractivity contribution is 6.30. The van der Waals surface area contributed by atoms with Crippen LogP contribution in [0.25, 0.3) is 0 Å². The molecule has 6 heteroatoms. The maximum Gasteiger partial charge on any atom is 0.121 e. The Hall–Kier alpha value is -1.40. The molecular weight excluding hydrogens is 290 g/mol. The molecular formula is C15H18ClN3O2. The zero-order valence-electron chi connectivity index (χ0n) is 11.6. The van der Waals surface area contributed by atoms with Crippen LogP contribution >= 0.6 is 11.6 Å². The zero-order valence-corrected chi connectivity index (χ0v) is 12.4. The fraction of sp³-hybridized carbons (Fsp3) is 0.400. The van der Waals surface area contributed by atoms with Crippen LogP contribution in [0.5, 0.6) is 0 Å². The van der Waals surface area contributed by atoms with E-state index >= 15 is 0 Å². The van der Waals surface area contributed by atoms with Gasteiger partial charge in [0.05, 0.1) is 24.5 Å². The Morgan fingerprint density at radius 3 is 2.71 bits per heavy atom. The summed E-state index contributed by atoms with van der Waals surface area (Å²) in [5.74, 6) is 0. The van der Waals surface area contributed by atoms with Gasteiger partial charge in [-0.05, 0) is 23.8 Å². The first-order valence-electron chi connectivity index (χ1n) is 6.98. The van der Waals surface area contributed by atoms with E-state index in [0.717, 1.165) is 36.9 Å². The summed E-state index contributed by atoms with van der Waals surface area (Å²) in [4.78, 5) is 2.33. The van der Waals surface area contributed by atoms with Gasteiger partial charge in [0, 0.05) is 24.7 Å². The maximum atomic E-state index is 9.65. The number of hydrogen-bond acceptors (Lipinski definition) is 4. The third-order valence-corrected chi connectivity index (χ3v) is 3.98. The Balaban J connectivity index is 1.69. The van der Waals surface area contributed by atoms with E-state index in [4.69, 9.17) is 16.7 Å². The van der Waals surface area contributed by atoms with Crippen LogP contribution in [0.15, 0.2) is 30.3 Å². The topological polar surface area (TPSA) is 61.5 Å². The molecule has 1 aliphatic heterocycles. The van der Waals surface area contributed by atoms with Crippen LogP contribution in [0.2, 0.25) is 5.02 Å². The lowest BCUT2D eigenvalue weighted by molar-refractivity contribution is 0.0915. The van der Waals surface area contributed by atoms with E-state index in [1.807, 2.05) is 35.0 Å². The molecule has 0 amide bonds. The Morgan fingerprint density at radius 1 is 1.24 bits per heavy atom. The maximum absolute atomic E-state index is 9.65. The highest BCUT2D eigenvalue weighted by Gasteiger charge is 2.20. The molecule has 0 spiro atoms. The first-order chi connectivity index (χ1) is 10.2. The number of aliphatic hydroxyl groups is 2. The smallest absolute Gasteiger partial charge is 0.121 e. The predicted molar refractivity (Wildman–Crippen MR) is 79.8 cm³/mol. The molecule has 1 aliphatic rings. The van der Waals surface area contributed by atoms with Crippen molar-refractivity contribution in [3.8, 4) is 0 Å². The van der Waals surface area contributed by atoms with Gasteiger partial charge in [-0.15, -0.1) is 0 Å². The molecule has 0 aliphatic carbocycles. The fourth-order valence-electron chi connectivity index (χ4n) is 2.58. The van der Waals surface area contributed by atoms with Gasteiger partial charge < -0.3 is 10.2 Å². The number of rotatable bonds is 4. The van der Waals surface area contributed by atoms with Crippen LogP contribution in [-0.2, 0) is 19.6 Å². The number of benzene rings is 1. The lowest BCUT2D eigenvalue weighted by Crippen LogP contribution is -2.33. The average molecular weight is 308 g/mol. The Bertz CT molecular complexity index is 612. The first-order valence-corrected chi connectivity index (χ1v) is 7.36. The van der Waals surface area contributed by atoms with Crippen molar-refractivity contribution in [2.24, 2.45) is 0 Å². The molecule has 112 valence electrons. The Kier molecular flexibility index (Phi) is 4.26. The summed E-state index contributed by atoms with van der Waals surface area (Å²) in [5.41, 5.74) is 2.83. The minimum absolute atomic E-state index is 0.301. The summed E-state index contributed by atoms with van der Waals surface area (Å²) >= 11 is 5.90. The van der Waals surface area contributed by atoms with Gasteiger partial charge in [-0.3, -0.25) is 9.58 Å². The molecule has 0 bridgehead atoms. The largest absolute Gasteiger partial charge is 0.393 e. The number of aromatic nitrogens is 2. The van der Waals surface area contributed by atoms with Crippen LogP contribution in [0.3, 0.4) is 0 Å². The summed E-state index contributed by atoms with van der Waals surface area (Å²) < 4.78 is 1.91. The van der Waals surface area contributed by atoms with E-state index in [0.29, 0.717) is 5.69 Å². The van der Waals surface area contributed by atoms with Crippen molar-refractivity contribution < 1.29 is 10.2 Å². The summed E-state index contributed by atoms with van der Waals surface area (Å²) in [7, 11) is 0. The van der Waals surface area contributed by atoms with Crippen LogP contribution in [0, 0.1) is 0 Å². The highest BCUT2D eigenvalue weighted by atomic mass is 35.5. The molecule has 3 rings (SSSR count). The quantitative estimate of drug-likeness (QED) is 0.900. The van der Waals surface area contributed by atoms with Crippen LogP contribution in [0.4, 0.5) is 0 Å². The van der Waals surface area contributed by atoms with Gasteiger partial charge in [0.15, 0.2) is 0 Å². The standard InChI is InChI=1S/C15H18ClN3O2/c16-12-3-1-11(2-4-12)8-18-5-6-19-13(9-18)7-14(17-19)15(21)10-20/h1-4,7,15,20-21H,5-6,8-10H2/t15-/m1/s1. The molecule has 0 saturated carbocycles. The van der Waals surface area contributed by atoms with Gasteiger partial charge in [0.2, 0.25) is 0 Å². The zero-order chi connectivity index (χ0) is 14.8. The SMILES string of the molecule is OC[C@@H](O)c1cc2n(n1)CCN(Cc1ccc(Cl)cc1)C2. The minimum atomic E-state index is -0.896. The predicted octanol–water partition coefficient (Wildman–Crippen LogP) is 1.58. The molecule has 2 aromatic rings. The third kappa shape index (κ3) is 3.27. The van der Waals surface area contributed by atoms with Gasteiger partial charge in [0.1, 0.15) is 6.10 Å². The number of nitrogens with zero attached hydrogens (tertiary/aromatic N) is 3. The van der Waals surface area contributed by atoms with Crippen LogP contribution in [-0.4, -0.2) is 38.0 Å². The fourth-order valence-corrected chi connectivity index (χ4v) is 2.71. The second-order valence-electron chi connectivity index (χ2n) is 5.32. The molecule has 0 radical (unpaired) electrons. The molecule has 2 N–H and O–H groups in total. The molecule has 21 heavy (non-hydrogen) atoms. The molecule has 5 nitrogen and oxygen atoms in total. The Morgan fingerprint density at radius 2 is 2.00 bits per heavy atom. The minimum Gasteiger partial charge on any atom is -0.393 e. The van der Waals surface area contributed by atoms with E-state index < -0.39 is 6.10 Å². The second-order valence-corrected chi connectivity index (χ2v) is 5.76. The highest BCUT2D eigenvalue weighted by Crippen LogP contribution is 2.20. The molecule has 0 fully saturated rings. The summed E-state index contributed by atoms with van der Waals surface area (Å²) in [5, 5.41) is 23.7. The van der Waals surface area contributed by atoms with Gasteiger partial charge >= 0.3 is 0 Å². The van der Waals surface area contributed by atoms with E-state index in [-0.39, 0.29) is 6.61 Å². The van der Waals surface area contributed by atoms with E-state index in [1.165, 1.54) is 5.56 Å². The average Bonchev–Trinajstić information content (AvgIpc) is 2.92. The normalized spacial score (nSPS) is 16.7. The van der Waals surface area contributed by atoms with E-state index in [2.05, 4.69) is 10.00 Å². The first kappa shape index (κ1) is 14.5. The van der Waals surface area contributed by atoms with Crippen LogP contribution in [0.1, 0.15) is 23.1 Å². The van der Waals surface area contributed by atoms with Gasteiger partial charge in [-0.25, -0.2) is 0 Å². The summed E-state index contributed by atoms with van der Waals surface area (Å²) in [6, 6.07) is 9.75. The molecule has 0 saturated heterocycles. The van der Waals surface area contributed by atoms with Crippen molar-refractivity contribution in [3.05, 3.63) is 52.3 Å². The summed E-state index contributed by atoms with van der Waals surface area (Å²) in [6.45, 7) is 3.05. The number of hydrogen-bond donors (Lipinski definition) is 2. The molecule has 2 heterocycles. The second kappa shape index (κ2) is 6.15. The van der Waals surface area contributed by atoms with Crippen LogP contribution < -0.4 is 0 Å². The van der Waals surface area contributed by atoms with E-state index in [1.54, 1.807) is 0 Å². The van der Waals surface area contributed by atoms with Gasteiger partial charge in [0.25, 0.3) is 0 Å². The van der Waals surface area contributed by atoms with Crippen molar-refractivity contribution in [3.63, 3.8) is 0 Å².